The van der Waals surface area contributed by atoms with Crippen molar-refractivity contribution in [3.05, 3.63) is 47.5 Å². The topological polar surface area (TPSA) is 81.7 Å². The van der Waals surface area contributed by atoms with Crippen LogP contribution in [0, 0.1) is 6.92 Å². The molecule has 0 spiro atoms. The molecule has 1 amide bonds. The van der Waals surface area contributed by atoms with E-state index in [1.807, 2.05) is 25.1 Å². The van der Waals surface area contributed by atoms with E-state index in [2.05, 4.69) is 5.32 Å². The minimum atomic E-state index is -3.32. The van der Waals surface area contributed by atoms with Gasteiger partial charge < -0.3 is 14.8 Å². The Morgan fingerprint density at radius 2 is 1.88 bits per heavy atom. The fourth-order valence-electron chi connectivity index (χ4n) is 2.53. The van der Waals surface area contributed by atoms with Crippen LogP contribution in [0.5, 0.6) is 11.5 Å². The van der Waals surface area contributed by atoms with Crippen molar-refractivity contribution in [2.45, 2.75) is 24.7 Å². The normalized spacial score (nSPS) is 12.9. The van der Waals surface area contributed by atoms with E-state index in [0.29, 0.717) is 23.6 Å². The number of carbonyl (C=O) groups excluding carboxylic acids is 1. The first-order chi connectivity index (χ1) is 11.8. The Labute approximate surface area is 146 Å². The average molecular weight is 361 g/mol. The van der Waals surface area contributed by atoms with Crippen LogP contribution in [0.4, 0.5) is 5.69 Å². The van der Waals surface area contributed by atoms with Gasteiger partial charge >= 0.3 is 0 Å². The lowest BCUT2D eigenvalue weighted by atomic mass is 10.1. The standard InChI is InChI=1S/C18H19NO5S/c1-12-3-6-14(25(2,21)22)10-15(12)19-18(20)8-5-13-4-7-16-17(9-13)24-11-23-16/h3-4,6-7,9-10H,5,8,11H2,1-2H3,(H,19,20). The van der Waals surface area contributed by atoms with Gasteiger partial charge in [-0.15, -0.1) is 0 Å². The number of benzene rings is 2. The first-order valence-corrected chi connectivity index (χ1v) is 9.71. The lowest BCUT2D eigenvalue weighted by Crippen LogP contribution is -2.13. The molecule has 6 nitrogen and oxygen atoms in total. The van der Waals surface area contributed by atoms with E-state index in [4.69, 9.17) is 9.47 Å². The van der Waals surface area contributed by atoms with E-state index in [9.17, 15) is 13.2 Å². The summed E-state index contributed by atoms with van der Waals surface area (Å²) < 4.78 is 33.9. The van der Waals surface area contributed by atoms with Crippen LogP contribution in [-0.2, 0) is 21.1 Å². The zero-order valence-corrected chi connectivity index (χ0v) is 14.9. The average Bonchev–Trinajstić information content (AvgIpc) is 3.01. The van der Waals surface area contributed by atoms with Crippen LogP contribution in [0.15, 0.2) is 41.3 Å². The van der Waals surface area contributed by atoms with Crippen molar-refractivity contribution in [2.75, 3.05) is 18.4 Å². The van der Waals surface area contributed by atoms with Gasteiger partial charge in [-0.1, -0.05) is 12.1 Å². The number of anilines is 1. The summed E-state index contributed by atoms with van der Waals surface area (Å²) in [6.07, 6.45) is 1.97. The van der Waals surface area contributed by atoms with Crippen LogP contribution >= 0.6 is 0 Å². The van der Waals surface area contributed by atoms with Gasteiger partial charge in [0.05, 0.1) is 4.90 Å². The fraction of sp³-hybridized carbons (Fsp3) is 0.278. The molecule has 1 aliphatic heterocycles. The predicted molar refractivity (Wildman–Crippen MR) is 93.8 cm³/mol. The Morgan fingerprint density at radius 3 is 2.64 bits per heavy atom. The summed E-state index contributed by atoms with van der Waals surface area (Å²) in [7, 11) is -3.32. The zero-order valence-electron chi connectivity index (χ0n) is 14.0. The quantitative estimate of drug-likeness (QED) is 0.885. The smallest absolute Gasteiger partial charge is 0.231 e. The number of nitrogens with one attached hydrogen (secondary N) is 1. The Bertz CT molecular complexity index is 921. The number of hydrogen-bond donors (Lipinski definition) is 1. The molecule has 2 aromatic rings. The van der Waals surface area contributed by atoms with Gasteiger partial charge in [0.15, 0.2) is 21.3 Å². The van der Waals surface area contributed by atoms with Gasteiger partial charge in [0.25, 0.3) is 0 Å². The van der Waals surface area contributed by atoms with Crippen molar-refractivity contribution in [3.8, 4) is 11.5 Å². The van der Waals surface area contributed by atoms with Crippen molar-refractivity contribution < 1.29 is 22.7 Å². The molecule has 0 fully saturated rings. The molecule has 0 aromatic heterocycles. The molecule has 2 aromatic carbocycles. The molecule has 0 saturated carbocycles. The Morgan fingerprint density at radius 1 is 1.12 bits per heavy atom. The van der Waals surface area contributed by atoms with Crippen LogP contribution < -0.4 is 14.8 Å². The molecular formula is C18H19NO5S. The lowest BCUT2D eigenvalue weighted by molar-refractivity contribution is -0.116. The maximum Gasteiger partial charge on any atom is 0.231 e. The van der Waals surface area contributed by atoms with Crippen molar-refractivity contribution in [1.29, 1.82) is 0 Å². The molecule has 0 unspecified atom stereocenters. The molecule has 25 heavy (non-hydrogen) atoms. The van der Waals surface area contributed by atoms with Crippen LogP contribution in [0.3, 0.4) is 0 Å². The van der Waals surface area contributed by atoms with E-state index in [0.717, 1.165) is 17.4 Å². The van der Waals surface area contributed by atoms with Crippen LogP contribution in [0.2, 0.25) is 0 Å². The Hall–Kier alpha value is -2.54. The molecule has 0 bridgehead atoms. The van der Waals surface area contributed by atoms with E-state index < -0.39 is 9.84 Å². The molecule has 7 heteroatoms. The molecule has 1 aliphatic rings. The van der Waals surface area contributed by atoms with Crippen molar-refractivity contribution >= 4 is 21.4 Å². The minimum Gasteiger partial charge on any atom is -0.454 e. The highest BCUT2D eigenvalue weighted by atomic mass is 32.2. The highest BCUT2D eigenvalue weighted by molar-refractivity contribution is 7.90. The number of rotatable bonds is 5. The van der Waals surface area contributed by atoms with Crippen molar-refractivity contribution in [2.24, 2.45) is 0 Å². The Kier molecular flexibility index (Phi) is 4.67. The molecule has 0 saturated heterocycles. The van der Waals surface area contributed by atoms with Gasteiger partial charge in [0.2, 0.25) is 12.7 Å². The number of sulfone groups is 1. The highest BCUT2D eigenvalue weighted by Gasteiger charge is 2.14. The lowest BCUT2D eigenvalue weighted by Gasteiger charge is -2.10. The third-order valence-electron chi connectivity index (χ3n) is 3.99. The largest absolute Gasteiger partial charge is 0.454 e. The number of aryl methyl sites for hydroxylation is 2. The van der Waals surface area contributed by atoms with Gasteiger partial charge in [0, 0.05) is 18.4 Å². The van der Waals surface area contributed by atoms with Crippen molar-refractivity contribution in [1.82, 2.24) is 0 Å². The minimum absolute atomic E-state index is 0.175. The van der Waals surface area contributed by atoms with Crippen LogP contribution in [0.1, 0.15) is 17.5 Å². The summed E-state index contributed by atoms with van der Waals surface area (Å²) in [6.45, 7) is 2.04. The zero-order chi connectivity index (χ0) is 18.0. The molecule has 1 N–H and O–H groups in total. The molecule has 1 heterocycles. The van der Waals surface area contributed by atoms with Gasteiger partial charge in [-0.05, 0) is 48.7 Å². The monoisotopic (exact) mass is 361 g/mol. The first kappa shape index (κ1) is 17.3. The Balaban J connectivity index is 1.65. The summed E-state index contributed by atoms with van der Waals surface area (Å²) >= 11 is 0. The van der Waals surface area contributed by atoms with E-state index in [-0.39, 0.29) is 24.0 Å². The molecule has 0 aliphatic carbocycles. The first-order valence-electron chi connectivity index (χ1n) is 7.82. The van der Waals surface area contributed by atoms with E-state index in [1.54, 1.807) is 6.07 Å². The second-order valence-corrected chi connectivity index (χ2v) is 8.00. The SMILES string of the molecule is Cc1ccc(S(C)(=O)=O)cc1NC(=O)CCc1ccc2c(c1)OCO2. The number of hydrogen-bond acceptors (Lipinski definition) is 5. The maximum atomic E-state index is 12.2. The molecule has 0 atom stereocenters. The van der Waals surface area contributed by atoms with Gasteiger partial charge in [-0.25, -0.2) is 8.42 Å². The summed E-state index contributed by atoms with van der Waals surface area (Å²) in [6, 6.07) is 10.3. The van der Waals surface area contributed by atoms with E-state index in [1.165, 1.54) is 12.1 Å². The molecule has 3 rings (SSSR count). The maximum absolute atomic E-state index is 12.2. The predicted octanol–water partition coefficient (Wildman–Crippen LogP) is 2.70. The number of fused-ring (bicyclic) bond motifs is 1. The van der Waals surface area contributed by atoms with Crippen LogP contribution in [0.25, 0.3) is 0 Å². The fourth-order valence-corrected chi connectivity index (χ4v) is 3.18. The summed E-state index contributed by atoms with van der Waals surface area (Å²) in [5.41, 5.74) is 2.29. The van der Waals surface area contributed by atoms with Gasteiger partial charge in [-0.3, -0.25) is 4.79 Å². The highest BCUT2D eigenvalue weighted by Crippen LogP contribution is 2.32. The molecule has 132 valence electrons. The van der Waals surface area contributed by atoms with E-state index >= 15 is 0 Å². The third-order valence-corrected chi connectivity index (χ3v) is 5.10. The molecular weight excluding hydrogens is 342 g/mol. The van der Waals surface area contributed by atoms with Gasteiger partial charge in [-0.2, -0.15) is 0 Å². The molecule has 0 radical (unpaired) electrons. The summed E-state index contributed by atoms with van der Waals surface area (Å²) in [4.78, 5) is 12.4. The number of amides is 1. The summed E-state index contributed by atoms with van der Waals surface area (Å²) in [5.74, 6) is 1.22. The second kappa shape index (κ2) is 6.76. The second-order valence-electron chi connectivity index (χ2n) is 5.98. The third kappa shape index (κ3) is 4.11. The summed E-state index contributed by atoms with van der Waals surface area (Å²) in [5, 5.41) is 2.79. The number of carbonyl (C=O) groups is 1. The number of ether oxygens (including phenoxy) is 2. The van der Waals surface area contributed by atoms with Crippen molar-refractivity contribution in [3.63, 3.8) is 0 Å². The van der Waals surface area contributed by atoms with Crippen LogP contribution in [-0.4, -0.2) is 27.4 Å². The van der Waals surface area contributed by atoms with Gasteiger partial charge in [0.1, 0.15) is 0 Å².